The molecule has 26 heavy (non-hydrogen) atoms. The SMILES string of the molecule is CC(C)c1cc(C(C)C)c(S(=O)(=O)N2CCCC2[C@@H](C)Br)c(C(C)C)c1. The molecule has 1 fully saturated rings. The third-order valence-corrected chi connectivity index (χ3v) is 8.09. The van der Waals surface area contributed by atoms with E-state index in [1.54, 1.807) is 4.31 Å². The molecule has 1 aliphatic rings. The average Bonchev–Trinajstić information content (AvgIpc) is 3.03. The van der Waals surface area contributed by atoms with Gasteiger partial charge in [-0.1, -0.05) is 76.5 Å². The van der Waals surface area contributed by atoms with Crippen molar-refractivity contribution in [3.8, 4) is 0 Å². The van der Waals surface area contributed by atoms with Gasteiger partial charge in [-0.3, -0.25) is 0 Å². The Morgan fingerprint density at radius 2 is 1.46 bits per heavy atom. The second-order valence-electron chi connectivity index (χ2n) is 8.50. The van der Waals surface area contributed by atoms with E-state index in [2.05, 4.69) is 69.6 Å². The van der Waals surface area contributed by atoms with Gasteiger partial charge in [0, 0.05) is 17.4 Å². The highest BCUT2D eigenvalue weighted by atomic mass is 79.9. The third-order valence-electron chi connectivity index (χ3n) is 5.42. The number of hydrogen-bond acceptors (Lipinski definition) is 2. The molecule has 0 N–H and O–H groups in total. The van der Waals surface area contributed by atoms with Crippen molar-refractivity contribution in [1.29, 1.82) is 0 Å². The number of benzene rings is 1. The maximum absolute atomic E-state index is 13.8. The van der Waals surface area contributed by atoms with E-state index in [0.717, 1.165) is 24.0 Å². The van der Waals surface area contributed by atoms with Crippen LogP contribution in [0.15, 0.2) is 17.0 Å². The second-order valence-corrected chi connectivity index (χ2v) is 11.8. The molecule has 5 heteroatoms. The van der Waals surface area contributed by atoms with Crippen LogP contribution >= 0.6 is 15.9 Å². The monoisotopic (exact) mass is 443 g/mol. The highest BCUT2D eigenvalue weighted by Gasteiger charge is 2.40. The first-order valence-corrected chi connectivity index (χ1v) is 12.2. The topological polar surface area (TPSA) is 37.4 Å². The van der Waals surface area contributed by atoms with Gasteiger partial charge in [-0.2, -0.15) is 4.31 Å². The molecule has 0 aliphatic carbocycles. The number of rotatable bonds is 6. The molecule has 1 aliphatic heterocycles. The molecule has 148 valence electrons. The molecule has 0 saturated carbocycles. The average molecular weight is 444 g/mol. The van der Waals surface area contributed by atoms with Crippen molar-refractivity contribution >= 4 is 26.0 Å². The van der Waals surface area contributed by atoms with Gasteiger partial charge in [-0.05, 0) is 47.3 Å². The minimum atomic E-state index is -3.52. The number of sulfonamides is 1. The zero-order chi connectivity index (χ0) is 19.8. The minimum Gasteiger partial charge on any atom is -0.207 e. The molecule has 1 aromatic rings. The van der Waals surface area contributed by atoms with Crippen LogP contribution in [0.2, 0.25) is 0 Å². The van der Waals surface area contributed by atoms with E-state index in [9.17, 15) is 8.42 Å². The number of hydrogen-bond donors (Lipinski definition) is 0. The number of halogens is 1. The van der Waals surface area contributed by atoms with Crippen LogP contribution in [0.4, 0.5) is 0 Å². The molecule has 1 unspecified atom stereocenters. The van der Waals surface area contributed by atoms with Crippen molar-refractivity contribution in [2.45, 2.75) is 94.8 Å². The molecular formula is C21H34BrNO2S. The van der Waals surface area contributed by atoms with E-state index in [4.69, 9.17) is 0 Å². The minimum absolute atomic E-state index is 0.0322. The lowest BCUT2D eigenvalue weighted by molar-refractivity contribution is 0.386. The van der Waals surface area contributed by atoms with Crippen LogP contribution in [0.3, 0.4) is 0 Å². The summed E-state index contributed by atoms with van der Waals surface area (Å²) in [7, 11) is -3.52. The highest BCUT2D eigenvalue weighted by molar-refractivity contribution is 9.09. The van der Waals surface area contributed by atoms with Gasteiger partial charge in [-0.15, -0.1) is 0 Å². The Morgan fingerprint density at radius 1 is 0.962 bits per heavy atom. The van der Waals surface area contributed by atoms with Crippen LogP contribution < -0.4 is 0 Å². The van der Waals surface area contributed by atoms with Gasteiger partial charge < -0.3 is 0 Å². The molecule has 1 heterocycles. The van der Waals surface area contributed by atoms with Crippen molar-refractivity contribution in [2.24, 2.45) is 0 Å². The Morgan fingerprint density at radius 3 is 1.85 bits per heavy atom. The summed E-state index contributed by atoms with van der Waals surface area (Å²) >= 11 is 3.63. The Hall–Kier alpha value is -0.390. The van der Waals surface area contributed by atoms with Crippen molar-refractivity contribution in [3.05, 3.63) is 28.8 Å². The predicted octanol–water partition coefficient (Wildman–Crippen LogP) is 5.99. The maximum atomic E-state index is 13.8. The van der Waals surface area contributed by atoms with Gasteiger partial charge in [0.1, 0.15) is 0 Å². The lowest BCUT2D eigenvalue weighted by Gasteiger charge is -2.30. The van der Waals surface area contributed by atoms with Crippen LogP contribution in [0.1, 0.15) is 95.8 Å². The molecule has 1 aromatic carbocycles. The number of nitrogens with zero attached hydrogens (tertiary/aromatic N) is 1. The molecule has 0 spiro atoms. The third kappa shape index (κ3) is 4.20. The summed E-state index contributed by atoms with van der Waals surface area (Å²) < 4.78 is 29.3. The summed E-state index contributed by atoms with van der Waals surface area (Å²) in [5, 5.41) is 0. The van der Waals surface area contributed by atoms with E-state index in [1.807, 2.05) is 6.92 Å². The van der Waals surface area contributed by atoms with Gasteiger partial charge in [0.05, 0.1) is 4.90 Å². The molecule has 1 saturated heterocycles. The van der Waals surface area contributed by atoms with Gasteiger partial charge in [0.2, 0.25) is 10.0 Å². The Bertz CT molecular complexity index is 709. The van der Waals surface area contributed by atoms with E-state index in [-0.39, 0.29) is 22.7 Å². The van der Waals surface area contributed by atoms with E-state index >= 15 is 0 Å². The standard InChI is InChI=1S/C21H34BrNO2S/c1-13(2)17-11-18(14(3)4)21(19(12-17)15(5)6)26(24,25)23-10-8-9-20(23)16(7)22/h11-16,20H,8-10H2,1-7H3/t16-,20?/m1/s1. The molecule has 0 amide bonds. The zero-order valence-corrected chi connectivity index (χ0v) is 19.6. The molecule has 3 nitrogen and oxygen atoms in total. The number of alkyl halides is 1. The van der Waals surface area contributed by atoms with Gasteiger partial charge in [0.25, 0.3) is 0 Å². The summed E-state index contributed by atoms with van der Waals surface area (Å²) in [5.74, 6) is 0.709. The van der Waals surface area contributed by atoms with Crippen LogP contribution in [-0.4, -0.2) is 30.1 Å². The fraction of sp³-hybridized carbons (Fsp3) is 0.714. The van der Waals surface area contributed by atoms with E-state index < -0.39 is 10.0 Å². The largest absolute Gasteiger partial charge is 0.243 e. The normalized spacial score (nSPS) is 20.5. The Kier molecular flexibility index (Phi) is 7.01. The van der Waals surface area contributed by atoms with Crippen molar-refractivity contribution in [1.82, 2.24) is 4.31 Å². The highest BCUT2D eigenvalue weighted by Crippen LogP contribution is 2.39. The lowest BCUT2D eigenvalue weighted by Crippen LogP contribution is -2.40. The van der Waals surface area contributed by atoms with Crippen molar-refractivity contribution in [3.63, 3.8) is 0 Å². The first-order valence-electron chi connectivity index (χ1n) is 9.82. The second kappa shape index (κ2) is 8.32. The van der Waals surface area contributed by atoms with Crippen LogP contribution in [0, 0.1) is 0 Å². The van der Waals surface area contributed by atoms with Crippen LogP contribution in [0.25, 0.3) is 0 Å². The smallest absolute Gasteiger partial charge is 0.207 e. The van der Waals surface area contributed by atoms with E-state index in [1.165, 1.54) is 5.56 Å². The molecule has 0 aromatic heterocycles. The summed E-state index contributed by atoms with van der Waals surface area (Å²) in [6.45, 7) is 15.4. The van der Waals surface area contributed by atoms with Crippen LogP contribution in [-0.2, 0) is 10.0 Å². The first kappa shape index (κ1) is 21.9. The molecule has 2 atom stereocenters. The lowest BCUT2D eigenvalue weighted by atomic mass is 9.89. The van der Waals surface area contributed by atoms with Crippen molar-refractivity contribution < 1.29 is 8.42 Å². The summed E-state index contributed by atoms with van der Waals surface area (Å²) in [5.41, 5.74) is 3.16. The van der Waals surface area contributed by atoms with Crippen molar-refractivity contribution in [2.75, 3.05) is 6.54 Å². The first-order chi connectivity index (χ1) is 12.0. The Balaban J connectivity index is 2.74. The fourth-order valence-electron chi connectivity index (χ4n) is 3.83. The zero-order valence-electron chi connectivity index (χ0n) is 17.2. The quantitative estimate of drug-likeness (QED) is 0.505. The molecule has 0 radical (unpaired) electrons. The van der Waals surface area contributed by atoms with Gasteiger partial charge in [-0.25, -0.2) is 8.42 Å². The Labute approximate surface area is 168 Å². The fourth-order valence-corrected chi connectivity index (χ4v) is 6.97. The maximum Gasteiger partial charge on any atom is 0.243 e. The summed E-state index contributed by atoms with van der Waals surface area (Å²) in [6, 6.07) is 4.28. The van der Waals surface area contributed by atoms with Gasteiger partial charge >= 0.3 is 0 Å². The molecule has 2 rings (SSSR count). The summed E-state index contributed by atoms with van der Waals surface area (Å²) in [4.78, 5) is 0.715. The van der Waals surface area contributed by atoms with Crippen LogP contribution in [0.5, 0.6) is 0 Å². The van der Waals surface area contributed by atoms with E-state index in [0.29, 0.717) is 17.4 Å². The van der Waals surface area contributed by atoms with Gasteiger partial charge in [0.15, 0.2) is 0 Å². The molecule has 0 bridgehead atoms. The molecular weight excluding hydrogens is 410 g/mol. The predicted molar refractivity (Wildman–Crippen MR) is 114 cm³/mol. The summed E-state index contributed by atoms with van der Waals surface area (Å²) in [6.07, 6.45) is 1.85.